The summed E-state index contributed by atoms with van der Waals surface area (Å²) < 4.78 is 13.5. The lowest BCUT2D eigenvalue weighted by molar-refractivity contribution is 0.106. The summed E-state index contributed by atoms with van der Waals surface area (Å²) in [6.45, 7) is 2.05. The maximum absolute atomic E-state index is 6.55. The van der Waals surface area contributed by atoms with E-state index in [-0.39, 0.29) is 0 Å². The molecule has 1 aliphatic rings. The van der Waals surface area contributed by atoms with E-state index in [9.17, 15) is 0 Å². The van der Waals surface area contributed by atoms with Crippen LogP contribution in [0.1, 0.15) is 6.42 Å². The molecule has 0 unspecified atom stereocenters. The highest BCUT2D eigenvalue weighted by Crippen LogP contribution is 2.34. The Hall–Kier alpha value is -4.02. The number of benzene rings is 2. The van der Waals surface area contributed by atoms with Crippen molar-refractivity contribution in [3.8, 4) is 11.5 Å². The van der Waals surface area contributed by atoms with Gasteiger partial charge in [-0.2, -0.15) is 0 Å². The van der Waals surface area contributed by atoms with E-state index in [1.807, 2.05) is 46.8 Å². The third-order valence-electron chi connectivity index (χ3n) is 5.73. The molecule has 1 saturated heterocycles. The molecule has 176 valence electrons. The average Bonchev–Trinajstić information content (AvgIpc) is 3.26. The van der Waals surface area contributed by atoms with Crippen molar-refractivity contribution in [2.75, 3.05) is 30.1 Å². The van der Waals surface area contributed by atoms with E-state index in [0.29, 0.717) is 46.1 Å². The standard InChI is InChI=1S/C24H21ClN8O2/c1-32-13-29-18-10-16(4-5-20(18)32)35-21-6-3-15(9-17(21)25)30-23-22-19(27-12-28-23)11-26-24(31-22)33-7-2-8-34-14-33/h3-6,9-13H,2,7-8,14H2,1H3,(H,27,28,30). The van der Waals surface area contributed by atoms with Crippen molar-refractivity contribution < 1.29 is 9.47 Å². The maximum atomic E-state index is 6.55. The van der Waals surface area contributed by atoms with Crippen molar-refractivity contribution >= 4 is 51.1 Å². The van der Waals surface area contributed by atoms with Gasteiger partial charge in [0, 0.05) is 25.3 Å². The molecule has 0 saturated carbocycles. The Morgan fingerprint density at radius 1 is 1.06 bits per heavy atom. The largest absolute Gasteiger partial charge is 0.456 e. The highest BCUT2D eigenvalue weighted by molar-refractivity contribution is 6.32. The number of fused-ring (bicyclic) bond motifs is 2. The molecule has 1 N–H and O–H groups in total. The summed E-state index contributed by atoms with van der Waals surface area (Å²) in [5.74, 6) is 2.34. The van der Waals surface area contributed by atoms with E-state index in [1.54, 1.807) is 18.6 Å². The van der Waals surface area contributed by atoms with Crippen molar-refractivity contribution in [3.63, 3.8) is 0 Å². The first-order valence-electron chi connectivity index (χ1n) is 11.1. The van der Waals surface area contributed by atoms with Crippen LogP contribution in [0.4, 0.5) is 17.5 Å². The zero-order valence-electron chi connectivity index (χ0n) is 18.8. The topological polar surface area (TPSA) is 103 Å². The summed E-state index contributed by atoms with van der Waals surface area (Å²) in [6, 6.07) is 11.2. The highest BCUT2D eigenvalue weighted by atomic mass is 35.5. The summed E-state index contributed by atoms with van der Waals surface area (Å²) in [6.07, 6.45) is 5.87. The normalized spacial score (nSPS) is 13.9. The second-order valence-corrected chi connectivity index (χ2v) is 8.57. The zero-order valence-corrected chi connectivity index (χ0v) is 19.6. The molecule has 6 rings (SSSR count). The van der Waals surface area contributed by atoms with Gasteiger partial charge in [-0.05, 0) is 36.8 Å². The van der Waals surface area contributed by atoms with Crippen LogP contribution in [0.2, 0.25) is 5.02 Å². The monoisotopic (exact) mass is 488 g/mol. The zero-order chi connectivity index (χ0) is 23.8. The molecule has 0 atom stereocenters. The predicted octanol–water partition coefficient (Wildman–Crippen LogP) is 4.68. The van der Waals surface area contributed by atoms with Gasteiger partial charge in [-0.3, -0.25) is 0 Å². The van der Waals surface area contributed by atoms with Gasteiger partial charge in [0.25, 0.3) is 0 Å². The number of halogens is 1. The van der Waals surface area contributed by atoms with Gasteiger partial charge in [0.15, 0.2) is 5.82 Å². The first-order valence-corrected chi connectivity index (χ1v) is 11.5. The molecule has 35 heavy (non-hydrogen) atoms. The van der Waals surface area contributed by atoms with Gasteiger partial charge in [0.2, 0.25) is 5.95 Å². The van der Waals surface area contributed by atoms with E-state index >= 15 is 0 Å². The summed E-state index contributed by atoms with van der Waals surface area (Å²) in [7, 11) is 1.95. The Balaban J connectivity index is 1.25. The van der Waals surface area contributed by atoms with Crippen molar-refractivity contribution in [1.29, 1.82) is 0 Å². The number of nitrogens with one attached hydrogen (secondary N) is 1. The van der Waals surface area contributed by atoms with Gasteiger partial charge < -0.3 is 24.3 Å². The Bertz CT molecular complexity index is 1530. The van der Waals surface area contributed by atoms with Crippen LogP contribution in [0.5, 0.6) is 11.5 Å². The number of ether oxygens (including phenoxy) is 2. The molecule has 0 bridgehead atoms. The number of hydrogen-bond donors (Lipinski definition) is 1. The van der Waals surface area contributed by atoms with E-state index in [4.69, 9.17) is 26.1 Å². The van der Waals surface area contributed by atoms with Gasteiger partial charge in [0.1, 0.15) is 35.6 Å². The van der Waals surface area contributed by atoms with E-state index in [1.165, 1.54) is 6.33 Å². The lowest BCUT2D eigenvalue weighted by Crippen LogP contribution is -2.34. The van der Waals surface area contributed by atoms with Crippen LogP contribution in [0.25, 0.3) is 22.1 Å². The summed E-state index contributed by atoms with van der Waals surface area (Å²) in [5.41, 5.74) is 3.87. The highest BCUT2D eigenvalue weighted by Gasteiger charge is 2.16. The fourth-order valence-electron chi connectivity index (χ4n) is 3.95. The minimum Gasteiger partial charge on any atom is -0.456 e. The van der Waals surface area contributed by atoms with Gasteiger partial charge in [-0.15, -0.1) is 0 Å². The first-order chi connectivity index (χ1) is 17.1. The molecule has 1 aliphatic heterocycles. The molecule has 11 heteroatoms. The number of nitrogens with zero attached hydrogens (tertiary/aromatic N) is 7. The minimum absolute atomic E-state index is 0.454. The van der Waals surface area contributed by atoms with Gasteiger partial charge in [0.05, 0.1) is 35.2 Å². The number of aryl methyl sites for hydroxylation is 1. The van der Waals surface area contributed by atoms with Gasteiger partial charge in [-0.25, -0.2) is 24.9 Å². The molecule has 4 heterocycles. The number of imidazole rings is 1. The second-order valence-electron chi connectivity index (χ2n) is 8.16. The van der Waals surface area contributed by atoms with Crippen molar-refractivity contribution in [1.82, 2.24) is 29.5 Å². The predicted molar refractivity (Wildman–Crippen MR) is 133 cm³/mol. The Labute approximate surface area is 205 Å². The SMILES string of the molecule is Cn1cnc2cc(Oc3ccc(Nc4ncnc5cnc(N6CCCOC6)nc45)cc3Cl)ccc21. The molecule has 0 spiro atoms. The molecule has 10 nitrogen and oxygen atoms in total. The molecule has 2 aromatic carbocycles. The molecule has 0 radical (unpaired) electrons. The molecule has 0 amide bonds. The number of anilines is 3. The van der Waals surface area contributed by atoms with Crippen LogP contribution < -0.4 is 15.0 Å². The molecule has 1 fully saturated rings. The third kappa shape index (κ3) is 4.29. The molecule has 3 aromatic heterocycles. The molecular weight excluding hydrogens is 468 g/mol. The fourth-order valence-corrected chi connectivity index (χ4v) is 4.17. The molecule has 5 aromatic rings. The van der Waals surface area contributed by atoms with E-state index in [2.05, 4.69) is 25.3 Å². The van der Waals surface area contributed by atoms with Crippen molar-refractivity contribution in [3.05, 3.63) is 60.3 Å². The fraction of sp³-hybridized carbons (Fsp3) is 0.208. The van der Waals surface area contributed by atoms with Crippen LogP contribution in [0.3, 0.4) is 0 Å². The minimum atomic E-state index is 0.454. The molecule has 0 aliphatic carbocycles. The lowest BCUT2D eigenvalue weighted by Gasteiger charge is -2.26. The van der Waals surface area contributed by atoms with Crippen molar-refractivity contribution in [2.24, 2.45) is 7.05 Å². The number of aromatic nitrogens is 6. The first kappa shape index (κ1) is 21.5. The number of rotatable bonds is 5. The maximum Gasteiger partial charge on any atom is 0.227 e. The lowest BCUT2D eigenvalue weighted by atomic mass is 10.2. The summed E-state index contributed by atoms with van der Waals surface area (Å²) in [5, 5.41) is 3.75. The summed E-state index contributed by atoms with van der Waals surface area (Å²) in [4.78, 5) is 24.2. The smallest absolute Gasteiger partial charge is 0.227 e. The Morgan fingerprint density at radius 2 is 2.00 bits per heavy atom. The van der Waals surface area contributed by atoms with Crippen LogP contribution >= 0.6 is 11.6 Å². The van der Waals surface area contributed by atoms with Crippen LogP contribution in [-0.2, 0) is 11.8 Å². The van der Waals surface area contributed by atoms with E-state index in [0.717, 1.165) is 36.3 Å². The van der Waals surface area contributed by atoms with Gasteiger partial charge in [-0.1, -0.05) is 11.6 Å². The summed E-state index contributed by atoms with van der Waals surface area (Å²) >= 11 is 6.55. The van der Waals surface area contributed by atoms with Gasteiger partial charge >= 0.3 is 0 Å². The van der Waals surface area contributed by atoms with Crippen LogP contribution in [-0.4, -0.2) is 49.4 Å². The van der Waals surface area contributed by atoms with E-state index < -0.39 is 0 Å². The van der Waals surface area contributed by atoms with Crippen LogP contribution in [0, 0.1) is 0 Å². The molecular formula is C24H21ClN8O2. The Morgan fingerprint density at radius 3 is 2.86 bits per heavy atom. The quantitative estimate of drug-likeness (QED) is 0.377. The second kappa shape index (κ2) is 8.97. The third-order valence-corrected chi connectivity index (χ3v) is 6.03. The average molecular weight is 489 g/mol. The number of hydrogen-bond acceptors (Lipinski definition) is 9. The Kier molecular flexibility index (Phi) is 5.51. The van der Waals surface area contributed by atoms with Crippen LogP contribution in [0.15, 0.2) is 55.2 Å². The van der Waals surface area contributed by atoms with Crippen molar-refractivity contribution in [2.45, 2.75) is 6.42 Å².